The molecule has 3 nitrogen and oxygen atoms in total. The fourth-order valence-electron chi connectivity index (χ4n) is 2.59. The van der Waals surface area contributed by atoms with Crippen LogP contribution in [-0.2, 0) is 6.54 Å². The second-order valence-electron chi connectivity index (χ2n) is 5.39. The highest BCUT2D eigenvalue weighted by Gasteiger charge is 2.21. The number of aromatic nitrogens is 1. The van der Waals surface area contributed by atoms with E-state index in [0.29, 0.717) is 12.0 Å². The summed E-state index contributed by atoms with van der Waals surface area (Å²) in [4.78, 5) is 4.36. The normalized spacial score (nSPS) is 18.5. The average molecular weight is 236 g/mol. The van der Waals surface area contributed by atoms with Crippen LogP contribution in [0.15, 0.2) is 10.8 Å². The molecule has 1 aromatic heterocycles. The zero-order valence-electron chi connectivity index (χ0n) is 11.0. The maximum Gasteiger partial charge on any atom is 0.181 e. The van der Waals surface area contributed by atoms with Crippen molar-refractivity contribution in [2.75, 3.05) is 0 Å². The number of nitrogens with zero attached hydrogens (tertiary/aromatic N) is 1. The molecule has 0 aliphatic heterocycles. The van der Waals surface area contributed by atoms with Crippen LogP contribution in [0.4, 0.5) is 0 Å². The molecule has 1 aromatic rings. The molecular formula is C14H24N2O. The van der Waals surface area contributed by atoms with Crippen LogP contribution < -0.4 is 5.32 Å². The van der Waals surface area contributed by atoms with Gasteiger partial charge in [-0.05, 0) is 12.8 Å². The Morgan fingerprint density at radius 2 is 2.00 bits per heavy atom. The minimum absolute atomic E-state index is 0.494. The first-order valence-electron chi connectivity index (χ1n) is 6.93. The second-order valence-corrected chi connectivity index (χ2v) is 5.39. The first-order valence-corrected chi connectivity index (χ1v) is 6.93. The summed E-state index contributed by atoms with van der Waals surface area (Å²) in [7, 11) is 0. The second kappa shape index (κ2) is 6.20. The smallest absolute Gasteiger partial charge is 0.181 e. The van der Waals surface area contributed by atoms with Gasteiger partial charge < -0.3 is 9.73 Å². The molecule has 0 spiro atoms. The van der Waals surface area contributed by atoms with Gasteiger partial charge in [0.15, 0.2) is 6.39 Å². The molecule has 1 aliphatic carbocycles. The fourth-order valence-corrected chi connectivity index (χ4v) is 2.59. The quantitative estimate of drug-likeness (QED) is 0.811. The van der Waals surface area contributed by atoms with Crippen molar-refractivity contribution >= 4 is 0 Å². The minimum Gasteiger partial charge on any atom is -0.448 e. The summed E-state index contributed by atoms with van der Waals surface area (Å²) in [6.45, 7) is 5.15. The monoisotopic (exact) mass is 236 g/mol. The van der Waals surface area contributed by atoms with Gasteiger partial charge in [0.05, 0.1) is 5.69 Å². The zero-order chi connectivity index (χ0) is 12.1. The van der Waals surface area contributed by atoms with Crippen molar-refractivity contribution < 1.29 is 4.42 Å². The summed E-state index contributed by atoms with van der Waals surface area (Å²) in [5.41, 5.74) is 1.12. The van der Waals surface area contributed by atoms with Crippen LogP contribution >= 0.6 is 0 Å². The van der Waals surface area contributed by atoms with E-state index in [1.165, 1.54) is 38.5 Å². The highest BCUT2D eigenvalue weighted by Crippen LogP contribution is 2.33. The molecule has 17 heavy (non-hydrogen) atoms. The molecule has 1 aliphatic rings. The van der Waals surface area contributed by atoms with E-state index in [9.17, 15) is 0 Å². The van der Waals surface area contributed by atoms with E-state index in [0.717, 1.165) is 18.0 Å². The lowest BCUT2D eigenvalue weighted by atomic mass is 9.96. The van der Waals surface area contributed by atoms with E-state index in [1.807, 2.05) is 0 Å². The van der Waals surface area contributed by atoms with Crippen molar-refractivity contribution in [2.24, 2.45) is 0 Å². The topological polar surface area (TPSA) is 38.1 Å². The fraction of sp³-hybridized carbons (Fsp3) is 0.786. The Labute approximate surface area is 104 Å². The zero-order valence-corrected chi connectivity index (χ0v) is 11.0. The van der Waals surface area contributed by atoms with E-state index in [4.69, 9.17) is 4.42 Å². The highest BCUT2D eigenvalue weighted by molar-refractivity contribution is 5.13. The molecule has 0 bridgehead atoms. The molecule has 0 unspecified atom stereocenters. The van der Waals surface area contributed by atoms with Crippen molar-refractivity contribution in [1.82, 2.24) is 10.3 Å². The third-order valence-corrected chi connectivity index (χ3v) is 3.58. The van der Waals surface area contributed by atoms with E-state index < -0.39 is 0 Å². The van der Waals surface area contributed by atoms with Gasteiger partial charge in [0, 0.05) is 18.5 Å². The number of nitrogens with one attached hydrogen (secondary N) is 1. The lowest BCUT2D eigenvalue weighted by Crippen LogP contribution is -2.22. The van der Waals surface area contributed by atoms with Gasteiger partial charge >= 0.3 is 0 Å². The Hall–Kier alpha value is -0.830. The summed E-state index contributed by atoms with van der Waals surface area (Å²) < 4.78 is 5.64. The van der Waals surface area contributed by atoms with Crippen molar-refractivity contribution in [3.8, 4) is 0 Å². The summed E-state index contributed by atoms with van der Waals surface area (Å²) in [5, 5.41) is 3.42. The van der Waals surface area contributed by atoms with Crippen LogP contribution in [-0.4, -0.2) is 11.0 Å². The molecule has 1 fully saturated rings. The van der Waals surface area contributed by atoms with Crippen LogP contribution in [0.1, 0.15) is 69.7 Å². The van der Waals surface area contributed by atoms with Gasteiger partial charge in [0.1, 0.15) is 5.76 Å². The molecule has 1 heterocycles. The third kappa shape index (κ3) is 3.56. The Balaban J connectivity index is 2.01. The number of hydrogen-bond donors (Lipinski definition) is 1. The number of hydrogen-bond acceptors (Lipinski definition) is 3. The molecule has 96 valence electrons. The van der Waals surface area contributed by atoms with Crippen molar-refractivity contribution in [3.05, 3.63) is 17.8 Å². The van der Waals surface area contributed by atoms with Crippen molar-refractivity contribution in [1.29, 1.82) is 0 Å². The molecule has 3 heteroatoms. The Kier molecular flexibility index (Phi) is 4.60. The SMILES string of the molecule is CC(C)NCc1ncoc1C1CCCCCC1. The van der Waals surface area contributed by atoms with Crippen LogP contribution in [0.2, 0.25) is 0 Å². The molecule has 1 N–H and O–H groups in total. The van der Waals surface area contributed by atoms with E-state index in [-0.39, 0.29) is 0 Å². The molecule has 0 amide bonds. The van der Waals surface area contributed by atoms with Gasteiger partial charge in [0.2, 0.25) is 0 Å². The van der Waals surface area contributed by atoms with E-state index >= 15 is 0 Å². The van der Waals surface area contributed by atoms with Crippen LogP contribution in [0, 0.1) is 0 Å². The summed E-state index contributed by atoms with van der Waals surface area (Å²) in [5.74, 6) is 1.74. The Morgan fingerprint density at radius 1 is 1.29 bits per heavy atom. The van der Waals surface area contributed by atoms with Gasteiger partial charge in [-0.2, -0.15) is 0 Å². The van der Waals surface area contributed by atoms with Gasteiger partial charge in [0.25, 0.3) is 0 Å². The highest BCUT2D eigenvalue weighted by atomic mass is 16.3. The lowest BCUT2D eigenvalue weighted by molar-refractivity contribution is 0.425. The Bertz CT molecular complexity index is 325. The van der Waals surface area contributed by atoms with Gasteiger partial charge in [-0.15, -0.1) is 0 Å². The number of oxazole rings is 1. The molecular weight excluding hydrogens is 212 g/mol. The number of rotatable bonds is 4. The molecule has 0 aromatic carbocycles. The molecule has 0 radical (unpaired) electrons. The van der Waals surface area contributed by atoms with E-state index in [2.05, 4.69) is 24.1 Å². The van der Waals surface area contributed by atoms with Gasteiger partial charge in [-0.3, -0.25) is 0 Å². The molecule has 2 rings (SSSR count). The maximum atomic E-state index is 5.64. The lowest BCUT2D eigenvalue weighted by Gasteiger charge is -2.13. The third-order valence-electron chi connectivity index (χ3n) is 3.58. The average Bonchev–Trinajstić information content (AvgIpc) is 2.60. The van der Waals surface area contributed by atoms with Crippen LogP contribution in [0.3, 0.4) is 0 Å². The van der Waals surface area contributed by atoms with Crippen LogP contribution in [0.5, 0.6) is 0 Å². The Morgan fingerprint density at radius 3 is 2.65 bits per heavy atom. The summed E-state index contributed by atoms with van der Waals surface area (Å²) >= 11 is 0. The molecule has 1 saturated carbocycles. The molecule has 0 atom stereocenters. The maximum absolute atomic E-state index is 5.64. The van der Waals surface area contributed by atoms with Crippen molar-refractivity contribution in [3.63, 3.8) is 0 Å². The predicted octanol–water partition coefficient (Wildman–Crippen LogP) is 3.61. The van der Waals surface area contributed by atoms with Gasteiger partial charge in [-0.25, -0.2) is 4.98 Å². The summed E-state index contributed by atoms with van der Waals surface area (Å²) in [6, 6.07) is 0.494. The minimum atomic E-state index is 0.494. The largest absolute Gasteiger partial charge is 0.448 e. The van der Waals surface area contributed by atoms with Gasteiger partial charge in [-0.1, -0.05) is 39.5 Å². The standard InChI is InChI=1S/C14H24N2O/c1-11(2)15-9-13-14(17-10-16-13)12-7-5-3-4-6-8-12/h10-12,15H,3-9H2,1-2H3. The predicted molar refractivity (Wildman–Crippen MR) is 68.9 cm³/mol. The van der Waals surface area contributed by atoms with Crippen LogP contribution in [0.25, 0.3) is 0 Å². The van der Waals surface area contributed by atoms with Crippen molar-refractivity contribution in [2.45, 2.75) is 70.9 Å². The first kappa shape index (κ1) is 12.6. The molecule has 0 saturated heterocycles. The summed E-state index contributed by atoms with van der Waals surface area (Å²) in [6.07, 6.45) is 9.57. The van der Waals surface area contributed by atoms with E-state index in [1.54, 1.807) is 6.39 Å². The first-order chi connectivity index (χ1) is 8.27.